The van der Waals surface area contributed by atoms with Crippen molar-refractivity contribution in [2.75, 3.05) is 0 Å². The van der Waals surface area contributed by atoms with Gasteiger partial charge in [-0.05, 0) is 31.4 Å². The van der Waals surface area contributed by atoms with Crippen LogP contribution in [0.2, 0.25) is 0 Å². The van der Waals surface area contributed by atoms with Crippen LogP contribution in [-0.2, 0) is 0 Å². The lowest BCUT2D eigenvalue weighted by Gasteiger charge is -2.02. The van der Waals surface area contributed by atoms with Crippen molar-refractivity contribution < 1.29 is 0 Å². The molecule has 0 fully saturated rings. The Bertz CT molecular complexity index is 216. The smallest absolute Gasteiger partial charge is 0.0642 e. The lowest BCUT2D eigenvalue weighted by molar-refractivity contribution is 0.847. The normalized spacial score (nSPS) is 18.7. The standard InChI is InChI=1S/C8H12N2S/c1-3-5-7(4-2)8-6-11-10-9-8/h3-6,9-10H,1-2H3/b5-3-,7-4+. The first-order valence-corrected chi connectivity index (χ1v) is 4.42. The summed E-state index contributed by atoms with van der Waals surface area (Å²) in [6.07, 6.45) is 6.18. The van der Waals surface area contributed by atoms with E-state index in [-0.39, 0.29) is 0 Å². The molecule has 0 aromatic heterocycles. The molecule has 0 saturated carbocycles. The maximum absolute atomic E-state index is 3.05. The molecule has 0 aromatic carbocycles. The Hall–Kier alpha value is -0.670. The predicted molar refractivity (Wildman–Crippen MR) is 50.5 cm³/mol. The van der Waals surface area contributed by atoms with E-state index in [0.717, 1.165) is 5.70 Å². The molecule has 0 amide bonds. The van der Waals surface area contributed by atoms with Crippen LogP contribution in [0, 0.1) is 0 Å². The van der Waals surface area contributed by atoms with Gasteiger partial charge in [-0.25, -0.2) is 0 Å². The van der Waals surface area contributed by atoms with Crippen molar-refractivity contribution in [3.63, 3.8) is 0 Å². The number of rotatable bonds is 2. The fourth-order valence-electron chi connectivity index (χ4n) is 0.864. The Labute approximate surface area is 71.5 Å². The van der Waals surface area contributed by atoms with Gasteiger partial charge in [-0.1, -0.05) is 18.2 Å². The highest BCUT2D eigenvalue weighted by Gasteiger charge is 2.04. The summed E-state index contributed by atoms with van der Waals surface area (Å²) in [6, 6.07) is 0. The number of nitrogens with one attached hydrogen (secondary N) is 2. The zero-order chi connectivity index (χ0) is 8.10. The zero-order valence-corrected chi connectivity index (χ0v) is 7.53. The fourth-order valence-corrected chi connectivity index (χ4v) is 1.40. The lowest BCUT2D eigenvalue weighted by atomic mass is 10.2. The van der Waals surface area contributed by atoms with E-state index in [4.69, 9.17) is 0 Å². The highest BCUT2D eigenvalue weighted by Crippen LogP contribution is 2.16. The molecule has 1 heterocycles. The third kappa shape index (κ3) is 2.13. The van der Waals surface area contributed by atoms with Gasteiger partial charge in [-0.3, -0.25) is 0 Å². The van der Waals surface area contributed by atoms with Gasteiger partial charge in [-0.2, -0.15) is 4.83 Å². The van der Waals surface area contributed by atoms with Gasteiger partial charge in [0.15, 0.2) is 0 Å². The van der Waals surface area contributed by atoms with E-state index in [0.29, 0.717) is 0 Å². The first-order valence-electron chi connectivity index (χ1n) is 3.54. The van der Waals surface area contributed by atoms with Crippen LogP contribution in [0.15, 0.2) is 34.9 Å². The summed E-state index contributed by atoms with van der Waals surface area (Å²) in [5.74, 6) is 0. The van der Waals surface area contributed by atoms with Gasteiger partial charge in [0, 0.05) is 5.41 Å². The summed E-state index contributed by atoms with van der Waals surface area (Å²) in [4.78, 5) is 2.94. The van der Waals surface area contributed by atoms with E-state index in [1.54, 1.807) is 11.9 Å². The molecule has 0 saturated heterocycles. The van der Waals surface area contributed by atoms with Gasteiger partial charge in [-0.15, -0.1) is 0 Å². The minimum absolute atomic E-state index is 1.13. The molecule has 0 aromatic rings. The summed E-state index contributed by atoms with van der Waals surface area (Å²) in [7, 11) is 0. The molecule has 0 atom stereocenters. The Kier molecular flexibility index (Phi) is 3.26. The van der Waals surface area contributed by atoms with E-state index in [1.807, 2.05) is 19.9 Å². The van der Waals surface area contributed by atoms with Crippen molar-refractivity contribution in [2.24, 2.45) is 0 Å². The topological polar surface area (TPSA) is 24.1 Å². The number of hydrazine groups is 1. The van der Waals surface area contributed by atoms with Crippen molar-refractivity contribution >= 4 is 11.9 Å². The highest BCUT2D eigenvalue weighted by atomic mass is 32.2. The maximum Gasteiger partial charge on any atom is 0.0642 e. The van der Waals surface area contributed by atoms with Crippen LogP contribution < -0.4 is 10.3 Å². The third-order valence-electron chi connectivity index (χ3n) is 1.39. The average Bonchev–Trinajstić information content (AvgIpc) is 2.52. The molecule has 0 radical (unpaired) electrons. The van der Waals surface area contributed by atoms with Gasteiger partial charge in [0.25, 0.3) is 0 Å². The van der Waals surface area contributed by atoms with Gasteiger partial charge in [0.2, 0.25) is 0 Å². The fraction of sp³-hybridized carbons (Fsp3) is 0.250. The largest absolute Gasteiger partial charge is 0.310 e. The summed E-state index contributed by atoms with van der Waals surface area (Å²) in [6.45, 7) is 4.04. The second-order valence-corrected chi connectivity index (χ2v) is 2.80. The molecule has 1 aliphatic rings. The summed E-state index contributed by atoms with van der Waals surface area (Å²) in [5, 5.41) is 2.05. The van der Waals surface area contributed by atoms with Crippen LogP contribution in [0.5, 0.6) is 0 Å². The van der Waals surface area contributed by atoms with Gasteiger partial charge in [0.05, 0.1) is 5.70 Å². The Morgan fingerprint density at radius 2 is 2.36 bits per heavy atom. The van der Waals surface area contributed by atoms with Gasteiger partial charge in [0.1, 0.15) is 0 Å². The Balaban J connectivity index is 2.70. The molecule has 0 bridgehead atoms. The molecule has 1 aliphatic heterocycles. The molecule has 1 rings (SSSR count). The van der Waals surface area contributed by atoms with Crippen LogP contribution in [-0.4, -0.2) is 0 Å². The predicted octanol–water partition coefficient (Wildman–Crippen LogP) is 2.11. The van der Waals surface area contributed by atoms with E-state index in [9.17, 15) is 0 Å². The molecule has 3 heteroatoms. The Morgan fingerprint density at radius 1 is 1.55 bits per heavy atom. The van der Waals surface area contributed by atoms with Crippen molar-refractivity contribution in [3.05, 3.63) is 34.9 Å². The molecular formula is C8H12N2S. The minimum Gasteiger partial charge on any atom is -0.310 e. The molecular weight excluding hydrogens is 156 g/mol. The van der Waals surface area contributed by atoms with Crippen LogP contribution in [0.1, 0.15) is 13.8 Å². The van der Waals surface area contributed by atoms with Crippen LogP contribution in [0.3, 0.4) is 0 Å². The van der Waals surface area contributed by atoms with Gasteiger partial charge >= 0.3 is 0 Å². The first-order chi connectivity index (χ1) is 5.38. The van der Waals surface area contributed by atoms with Crippen LogP contribution in [0.4, 0.5) is 0 Å². The molecule has 2 N–H and O–H groups in total. The summed E-state index contributed by atoms with van der Waals surface area (Å²) in [5.41, 5.74) is 5.39. The molecule has 2 nitrogen and oxygen atoms in total. The Morgan fingerprint density at radius 3 is 2.82 bits per heavy atom. The van der Waals surface area contributed by atoms with Crippen molar-refractivity contribution in [1.29, 1.82) is 0 Å². The first kappa shape index (κ1) is 8.43. The molecule has 0 spiro atoms. The van der Waals surface area contributed by atoms with Gasteiger partial charge < -0.3 is 5.43 Å². The molecule has 0 aliphatic carbocycles. The number of allylic oxidation sites excluding steroid dienone is 3. The number of hydrogen-bond acceptors (Lipinski definition) is 3. The summed E-state index contributed by atoms with van der Waals surface area (Å²) >= 11 is 1.55. The summed E-state index contributed by atoms with van der Waals surface area (Å²) < 4.78 is 0. The molecule has 0 unspecified atom stereocenters. The number of hydrogen-bond donors (Lipinski definition) is 2. The second kappa shape index (κ2) is 4.26. The SMILES string of the molecule is C/C=C\C(=C/C)C1=CSNN1. The quantitative estimate of drug-likeness (QED) is 0.488. The van der Waals surface area contributed by atoms with Crippen molar-refractivity contribution in [3.8, 4) is 0 Å². The third-order valence-corrected chi connectivity index (χ3v) is 1.96. The minimum atomic E-state index is 1.13. The molecule has 11 heavy (non-hydrogen) atoms. The van der Waals surface area contributed by atoms with Crippen molar-refractivity contribution in [1.82, 2.24) is 10.3 Å². The molecule has 60 valence electrons. The van der Waals surface area contributed by atoms with Crippen molar-refractivity contribution in [2.45, 2.75) is 13.8 Å². The van der Waals surface area contributed by atoms with Crippen LogP contribution in [0.25, 0.3) is 0 Å². The highest BCUT2D eigenvalue weighted by molar-refractivity contribution is 8.00. The second-order valence-electron chi connectivity index (χ2n) is 2.12. The van der Waals surface area contributed by atoms with E-state index < -0.39 is 0 Å². The van der Waals surface area contributed by atoms with E-state index in [1.165, 1.54) is 5.57 Å². The maximum atomic E-state index is 3.05. The lowest BCUT2D eigenvalue weighted by Crippen LogP contribution is -2.19. The van der Waals surface area contributed by atoms with E-state index >= 15 is 0 Å². The van der Waals surface area contributed by atoms with E-state index in [2.05, 4.69) is 27.8 Å². The van der Waals surface area contributed by atoms with Crippen LogP contribution >= 0.6 is 11.9 Å². The monoisotopic (exact) mass is 168 g/mol. The zero-order valence-electron chi connectivity index (χ0n) is 6.72. The average molecular weight is 168 g/mol.